The number of rotatable bonds is 13. The minimum absolute atomic E-state index is 0.782. The Bertz CT molecular complexity index is 614. The molecule has 0 spiro atoms. The standard InChI is InChI=1S/C22H30N2OS/c26-19-11-6-4-2-1-3-5-10-18-25-22-16-14-21(15-17-22)24-23-20-12-8-7-9-13-20/h7-9,12-17,26H,1-6,10-11,18-19H2. The van der Waals surface area contributed by atoms with E-state index in [0.29, 0.717) is 0 Å². The average Bonchev–Trinajstić information content (AvgIpc) is 2.69. The van der Waals surface area contributed by atoms with Crippen LogP contribution in [-0.2, 0) is 0 Å². The van der Waals surface area contributed by atoms with Crippen molar-refractivity contribution in [3.63, 3.8) is 0 Å². The van der Waals surface area contributed by atoms with Gasteiger partial charge in [0.1, 0.15) is 5.75 Å². The van der Waals surface area contributed by atoms with E-state index < -0.39 is 0 Å². The van der Waals surface area contributed by atoms with Crippen molar-refractivity contribution in [3.05, 3.63) is 54.6 Å². The summed E-state index contributed by atoms with van der Waals surface area (Å²) >= 11 is 4.24. The van der Waals surface area contributed by atoms with Gasteiger partial charge in [-0.15, -0.1) is 0 Å². The second-order valence-corrected chi connectivity index (χ2v) is 6.88. The summed E-state index contributed by atoms with van der Waals surface area (Å²) in [6, 6.07) is 17.5. The van der Waals surface area contributed by atoms with Gasteiger partial charge in [-0.1, -0.05) is 56.7 Å². The zero-order chi connectivity index (χ0) is 18.3. The van der Waals surface area contributed by atoms with Crippen LogP contribution in [-0.4, -0.2) is 12.4 Å². The molecule has 0 aliphatic carbocycles. The predicted molar refractivity (Wildman–Crippen MR) is 113 cm³/mol. The van der Waals surface area contributed by atoms with E-state index in [4.69, 9.17) is 4.74 Å². The SMILES string of the molecule is SCCCCCCCCCCOc1ccc(N=Nc2ccccc2)cc1. The minimum Gasteiger partial charge on any atom is -0.494 e. The number of azo groups is 1. The third-order valence-electron chi connectivity index (χ3n) is 4.20. The highest BCUT2D eigenvalue weighted by Crippen LogP contribution is 2.21. The van der Waals surface area contributed by atoms with Crippen LogP contribution in [0.4, 0.5) is 11.4 Å². The van der Waals surface area contributed by atoms with Gasteiger partial charge >= 0.3 is 0 Å². The first-order valence-corrected chi connectivity index (χ1v) is 10.3. The van der Waals surface area contributed by atoms with E-state index in [1.165, 1.54) is 44.9 Å². The van der Waals surface area contributed by atoms with Gasteiger partial charge in [-0.3, -0.25) is 0 Å². The summed E-state index contributed by atoms with van der Waals surface area (Å²) < 4.78 is 5.80. The third kappa shape index (κ3) is 9.04. The zero-order valence-corrected chi connectivity index (χ0v) is 16.4. The maximum absolute atomic E-state index is 5.80. The van der Waals surface area contributed by atoms with Crippen molar-refractivity contribution in [2.24, 2.45) is 10.2 Å². The molecule has 0 unspecified atom stereocenters. The van der Waals surface area contributed by atoms with Crippen molar-refractivity contribution >= 4 is 24.0 Å². The van der Waals surface area contributed by atoms with Gasteiger partial charge < -0.3 is 4.74 Å². The van der Waals surface area contributed by atoms with E-state index in [9.17, 15) is 0 Å². The summed E-state index contributed by atoms with van der Waals surface area (Å²) in [7, 11) is 0. The number of unbranched alkanes of at least 4 members (excludes halogenated alkanes) is 7. The molecule has 2 aromatic rings. The van der Waals surface area contributed by atoms with Gasteiger partial charge in [0.2, 0.25) is 0 Å². The highest BCUT2D eigenvalue weighted by atomic mass is 32.1. The van der Waals surface area contributed by atoms with Crippen LogP contribution in [0.1, 0.15) is 51.4 Å². The number of hydrogen-bond acceptors (Lipinski definition) is 4. The fraction of sp³-hybridized carbons (Fsp3) is 0.455. The maximum Gasteiger partial charge on any atom is 0.119 e. The van der Waals surface area contributed by atoms with Crippen LogP contribution in [0.15, 0.2) is 64.8 Å². The second-order valence-electron chi connectivity index (χ2n) is 6.43. The van der Waals surface area contributed by atoms with Gasteiger partial charge in [0.25, 0.3) is 0 Å². The lowest BCUT2D eigenvalue weighted by molar-refractivity contribution is 0.304. The molecule has 0 bridgehead atoms. The monoisotopic (exact) mass is 370 g/mol. The van der Waals surface area contributed by atoms with Crippen molar-refractivity contribution in [2.75, 3.05) is 12.4 Å². The second kappa shape index (κ2) is 13.4. The van der Waals surface area contributed by atoms with Gasteiger partial charge in [-0.25, -0.2) is 0 Å². The summed E-state index contributed by atoms with van der Waals surface area (Å²) in [4.78, 5) is 0. The fourth-order valence-corrected chi connectivity index (χ4v) is 2.91. The quantitative estimate of drug-likeness (QED) is 0.221. The van der Waals surface area contributed by atoms with Gasteiger partial charge in [-0.05, 0) is 55.0 Å². The molecule has 2 aromatic carbocycles. The van der Waals surface area contributed by atoms with Crippen molar-refractivity contribution in [3.8, 4) is 5.75 Å². The van der Waals surface area contributed by atoms with Gasteiger partial charge in [0, 0.05) is 0 Å². The first-order valence-electron chi connectivity index (χ1n) is 9.69. The summed E-state index contributed by atoms with van der Waals surface area (Å²) in [6.45, 7) is 0.782. The molecule has 2 rings (SSSR count). The lowest BCUT2D eigenvalue weighted by Crippen LogP contribution is -1.96. The molecule has 0 aliphatic rings. The normalized spacial score (nSPS) is 11.1. The summed E-state index contributed by atoms with van der Waals surface area (Å²) in [6.07, 6.45) is 10.3. The topological polar surface area (TPSA) is 34.0 Å². The van der Waals surface area contributed by atoms with Crippen LogP contribution in [0.5, 0.6) is 5.75 Å². The molecule has 0 heterocycles. The highest BCUT2D eigenvalue weighted by molar-refractivity contribution is 7.80. The Morgan fingerprint density at radius 3 is 1.77 bits per heavy atom. The smallest absolute Gasteiger partial charge is 0.119 e. The maximum atomic E-state index is 5.80. The van der Waals surface area contributed by atoms with Crippen molar-refractivity contribution < 1.29 is 4.74 Å². The fourth-order valence-electron chi connectivity index (χ4n) is 2.68. The largest absolute Gasteiger partial charge is 0.494 e. The molecule has 0 saturated carbocycles. The average molecular weight is 371 g/mol. The number of thiol groups is 1. The summed E-state index contributed by atoms with van der Waals surface area (Å²) in [5.41, 5.74) is 1.69. The first-order chi connectivity index (χ1) is 12.9. The Kier molecular flexibility index (Phi) is 10.6. The number of benzene rings is 2. The molecule has 0 fully saturated rings. The zero-order valence-electron chi connectivity index (χ0n) is 15.5. The molecule has 3 nitrogen and oxygen atoms in total. The molecule has 4 heteroatoms. The number of nitrogens with zero attached hydrogens (tertiary/aromatic N) is 2. The van der Waals surface area contributed by atoms with E-state index in [1.54, 1.807) is 0 Å². The predicted octanol–water partition coefficient (Wildman–Crippen LogP) is 7.53. The van der Waals surface area contributed by atoms with Gasteiger partial charge in [0.15, 0.2) is 0 Å². The van der Waals surface area contributed by atoms with Crippen molar-refractivity contribution in [1.82, 2.24) is 0 Å². The molecule has 0 saturated heterocycles. The third-order valence-corrected chi connectivity index (χ3v) is 4.51. The molecule has 0 radical (unpaired) electrons. The molecule has 0 aliphatic heterocycles. The van der Waals surface area contributed by atoms with E-state index in [0.717, 1.165) is 35.9 Å². The molecule has 0 N–H and O–H groups in total. The minimum atomic E-state index is 0.782. The van der Waals surface area contributed by atoms with E-state index in [-0.39, 0.29) is 0 Å². The molecular formula is C22H30N2OS. The lowest BCUT2D eigenvalue weighted by atomic mass is 10.1. The molecule has 140 valence electrons. The Balaban J connectivity index is 1.56. The number of hydrogen-bond donors (Lipinski definition) is 1. The van der Waals surface area contributed by atoms with Crippen LogP contribution in [0, 0.1) is 0 Å². The molecule has 26 heavy (non-hydrogen) atoms. The van der Waals surface area contributed by atoms with E-state index in [1.807, 2.05) is 54.6 Å². The number of ether oxygens (including phenoxy) is 1. The van der Waals surface area contributed by atoms with Crippen molar-refractivity contribution in [1.29, 1.82) is 0 Å². The molecule has 0 amide bonds. The van der Waals surface area contributed by atoms with E-state index in [2.05, 4.69) is 22.9 Å². The summed E-state index contributed by atoms with van der Waals surface area (Å²) in [5, 5.41) is 8.45. The van der Waals surface area contributed by atoms with Crippen LogP contribution in [0.25, 0.3) is 0 Å². The Morgan fingerprint density at radius 1 is 0.615 bits per heavy atom. The van der Waals surface area contributed by atoms with Gasteiger partial charge in [-0.2, -0.15) is 22.9 Å². The molecular weight excluding hydrogens is 340 g/mol. The molecule has 0 aromatic heterocycles. The van der Waals surface area contributed by atoms with Crippen LogP contribution >= 0.6 is 12.6 Å². The highest BCUT2D eigenvalue weighted by Gasteiger charge is 1.96. The lowest BCUT2D eigenvalue weighted by Gasteiger charge is -2.06. The van der Waals surface area contributed by atoms with Crippen molar-refractivity contribution in [2.45, 2.75) is 51.4 Å². The van der Waals surface area contributed by atoms with Crippen LogP contribution in [0.3, 0.4) is 0 Å². The van der Waals surface area contributed by atoms with E-state index >= 15 is 0 Å². The Morgan fingerprint density at radius 2 is 1.15 bits per heavy atom. The van der Waals surface area contributed by atoms with Gasteiger partial charge in [0.05, 0.1) is 18.0 Å². The van der Waals surface area contributed by atoms with Crippen LogP contribution < -0.4 is 4.74 Å². The molecule has 0 atom stereocenters. The Hall–Kier alpha value is -1.81. The summed E-state index contributed by atoms with van der Waals surface area (Å²) in [5.74, 6) is 1.92. The first kappa shape index (κ1) is 20.5. The Labute approximate surface area is 163 Å². The van der Waals surface area contributed by atoms with Crippen LogP contribution in [0.2, 0.25) is 0 Å².